The maximum atomic E-state index is 4.66. The van der Waals surface area contributed by atoms with Crippen LogP contribution in [0, 0.1) is 6.92 Å². The summed E-state index contributed by atoms with van der Waals surface area (Å²) in [5.74, 6) is 0. The molecule has 1 aromatic heterocycles. The quantitative estimate of drug-likeness (QED) is 0.850. The third-order valence-electron chi connectivity index (χ3n) is 3.99. The second-order valence-corrected chi connectivity index (χ2v) is 6.78. The Morgan fingerprint density at radius 3 is 2.86 bits per heavy atom. The Bertz CT molecular complexity index is 629. The third-order valence-corrected chi connectivity index (χ3v) is 4.48. The van der Waals surface area contributed by atoms with Crippen LogP contribution in [-0.2, 0) is 13.0 Å². The van der Waals surface area contributed by atoms with Crippen LogP contribution in [0.3, 0.4) is 0 Å². The molecule has 1 aliphatic rings. The van der Waals surface area contributed by atoms with Crippen LogP contribution in [0.25, 0.3) is 5.69 Å². The van der Waals surface area contributed by atoms with Crippen molar-refractivity contribution in [2.75, 3.05) is 0 Å². The van der Waals surface area contributed by atoms with Gasteiger partial charge in [0.1, 0.15) is 0 Å². The van der Waals surface area contributed by atoms with Crippen LogP contribution in [0.15, 0.2) is 28.9 Å². The molecular weight excluding hydrogens is 326 g/mol. The second kappa shape index (κ2) is 6.32. The summed E-state index contributed by atoms with van der Waals surface area (Å²) in [6.45, 7) is 5.30. The predicted molar refractivity (Wildman–Crippen MR) is 89.9 cm³/mol. The van der Waals surface area contributed by atoms with Crippen molar-refractivity contribution in [3.8, 4) is 5.69 Å². The topological polar surface area (TPSA) is 29.9 Å². The average Bonchev–Trinajstić information content (AvgIpc) is 3.20. The second-order valence-electron chi connectivity index (χ2n) is 5.86. The Labute approximate surface area is 134 Å². The van der Waals surface area contributed by atoms with Gasteiger partial charge in [-0.3, -0.25) is 0 Å². The van der Waals surface area contributed by atoms with Gasteiger partial charge in [0.25, 0.3) is 0 Å². The summed E-state index contributed by atoms with van der Waals surface area (Å²) in [7, 11) is 0. The highest BCUT2D eigenvalue weighted by atomic mass is 79.9. The Kier molecular flexibility index (Phi) is 4.45. The summed E-state index contributed by atoms with van der Waals surface area (Å²) in [6.07, 6.45) is 6.88. The number of halogens is 1. The lowest BCUT2D eigenvalue weighted by atomic mass is 10.1. The minimum Gasteiger partial charge on any atom is -0.310 e. The highest BCUT2D eigenvalue weighted by molar-refractivity contribution is 9.10. The summed E-state index contributed by atoms with van der Waals surface area (Å²) in [6, 6.07) is 7.11. The lowest BCUT2D eigenvalue weighted by molar-refractivity contribution is 0.676. The predicted octanol–water partition coefficient (Wildman–Crippen LogP) is 4.15. The van der Waals surface area contributed by atoms with E-state index in [4.69, 9.17) is 0 Å². The smallest absolute Gasteiger partial charge is 0.0678 e. The van der Waals surface area contributed by atoms with Crippen LogP contribution in [0.2, 0.25) is 0 Å². The first-order valence-electron chi connectivity index (χ1n) is 7.74. The normalized spacial score (nSPS) is 14.6. The lowest BCUT2D eigenvalue weighted by Crippen LogP contribution is -2.16. The van der Waals surface area contributed by atoms with Gasteiger partial charge in [-0.2, -0.15) is 5.10 Å². The monoisotopic (exact) mass is 347 g/mol. The highest BCUT2D eigenvalue weighted by Gasteiger charge is 2.21. The van der Waals surface area contributed by atoms with Crippen LogP contribution in [0.1, 0.15) is 43.0 Å². The van der Waals surface area contributed by atoms with Crippen LogP contribution in [-0.4, -0.2) is 15.8 Å². The first-order chi connectivity index (χ1) is 10.2. The van der Waals surface area contributed by atoms with Gasteiger partial charge in [-0.05, 0) is 49.9 Å². The fraction of sp³-hybridized carbons (Fsp3) is 0.471. The molecule has 21 heavy (non-hydrogen) atoms. The molecule has 0 spiro atoms. The van der Waals surface area contributed by atoms with E-state index < -0.39 is 0 Å². The zero-order valence-corrected chi connectivity index (χ0v) is 14.3. The zero-order valence-electron chi connectivity index (χ0n) is 12.7. The van der Waals surface area contributed by atoms with Gasteiger partial charge in [-0.15, -0.1) is 0 Å². The van der Waals surface area contributed by atoms with E-state index >= 15 is 0 Å². The molecule has 3 nitrogen and oxygen atoms in total. The molecule has 1 heterocycles. The molecular formula is C17H22BrN3. The first kappa shape index (κ1) is 14.8. The van der Waals surface area contributed by atoms with Crippen LogP contribution in [0.4, 0.5) is 0 Å². The van der Waals surface area contributed by atoms with E-state index in [-0.39, 0.29) is 0 Å². The summed E-state index contributed by atoms with van der Waals surface area (Å²) in [5, 5.41) is 8.25. The maximum absolute atomic E-state index is 4.66. The molecule has 1 fully saturated rings. The molecule has 1 N–H and O–H groups in total. The number of nitrogens with zero attached hydrogens (tertiary/aromatic N) is 2. The van der Waals surface area contributed by atoms with Gasteiger partial charge >= 0.3 is 0 Å². The molecule has 0 saturated heterocycles. The minimum atomic E-state index is 0.734. The highest BCUT2D eigenvalue weighted by Crippen LogP contribution is 2.24. The number of aryl methyl sites for hydroxylation is 1. The van der Waals surface area contributed by atoms with Crippen LogP contribution >= 0.6 is 15.9 Å². The number of nitrogens with one attached hydrogen (secondary N) is 1. The van der Waals surface area contributed by atoms with Crippen LogP contribution < -0.4 is 5.32 Å². The first-order valence-corrected chi connectivity index (χ1v) is 8.54. The van der Waals surface area contributed by atoms with Gasteiger partial charge in [0.05, 0.1) is 11.9 Å². The molecule has 0 radical (unpaired) electrons. The van der Waals surface area contributed by atoms with Crippen molar-refractivity contribution in [3.05, 3.63) is 45.7 Å². The molecule has 1 saturated carbocycles. The molecule has 112 valence electrons. The maximum Gasteiger partial charge on any atom is 0.0678 e. The fourth-order valence-electron chi connectivity index (χ4n) is 2.66. The standard InChI is InChI=1S/C17H22BrN3/c1-3-4-17-13(10-19-15-6-7-15)11-20-21(17)16-8-5-14(18)9-12(16)2/h5,8-9,11,15,19H,3-4,6-7,10H2,1-2H3. The van der Waals surface area contributed by atoms with Gasteiger partial charge in [-0.1, -0.05) is 29.3 Å². The molecule has 2 aromatic rings. The van der Waals surface area contributed by atoms with Crippen molar-refractivity contribution >= 4 is 15.9 Å². The van der Waals surface area contributed by atoms with Gasteiger partial charge in [-0.25, -0.2) is 4.68 Å². The molecule has 0 aliphatic heterocycles. The van der Waals surface area contributed by atoms with Crippen molar-refractivity contribution < 1.29 is 0 Å². The third kappa shape index (κ3) is 3.38. The lowest BCUT2D eigenvalue weighted by Gasteiger charge is -2.12. The molecule has 3 rings (SSSR count). The summed E-state index contributed by atoms with van der Waals surface area (Å²) in [5.41, 5.74) is 5.10. The van der Waals surface area contributed by atoms with Crippen LogP contribution in [0.5, 0.6) is 0 Å². The SMILES string of the molecule is CCCc1c(CNC2CC2)cnn1-c1ccc(Br)cc1C. The van der Waals surface area contributed by atoms with E-state index in [1.165, 1.54) is 35.3 Å². The molecule has 1 aromatic carbocycles. The number of rotatable bonds is 6. The Morgan fingerprint density at radius 1 is 1.38 bits per heavy atom. The number of benzene rings is 1. The van der Waals surface area contributed by atoms with E-state index in [1.54, 1.807) is 0 Å². The summed E-state index contributed by atoms with van der Waals surface area (Å²) in [4.78, 5) is 0. The summed E-state index contributed by atoms with van der Waals surface area (Å²) >= 11 is 3.53. The summed E-state index contributed by atoms with van der Waals surface area (Å²) < 4.78 is 3.23. The molecule has 0 unspecified atom stereocenters. The van der Waals surface area contributed by atoms with E-state index in [9.17, 15) is 0 Å². The Balaban J connectivity index is 1.92. The van der Waals surface area contributed by atoms with Gasteiger partial charge in [0.2, 0.25) is 0 Å². The van der Waals surface area contributed by atoms with Crippen molar-refractivity contribution in [1.82, 2.24) is 15.1 Å². The van der Waals surface area contributed by atoms with E-state index in [2.05, 4.69) is 63.1 Å². The van der Waals surface area contributed by atoms with E-state index in [0.29, 0.717) is 0 Å². The Morgan fingerprint density at radius 2 is 2.19 bits per heavy atom. The van der Waals surface area contributed by atoms with Crippen molar-refractivity contribution in [2.24, 2.45) is 0 Å². The number of aromatic nitrogens is 2. The molecule has 0 amide bonds. The zero-order chi connectivity index (χ0) is 14.8. The number of hydrogen-bond donors (Lipinski definition) is 1. The molecule has 0 bridgehead atoms. The Hall–Kier alpha value is -1.13. The van der Waals surface area contributed by atoms with Crippen molar-refractivity contribution in [2.45, 2.75) is 52.1 Å². The largest absolute Gasteiger partial charge is 0.310 e. The van der Waals surface area contributed by atoms with Gasteiger partial charge in [0.15, 0.2) is 0 Å². The molecule has 1 aliphatic carbocycles. The number of hydrogen-bond acceptors (Lipinski definition) is 2. The minimum absolute atomic E-state index is 0.734. The van der Waals surface area contributed by atoms with Gasteiger partial charge < -0.3 is 5.32 Å². The molecule has 0 atom stereocenters. The fourth-order valence-corrected chi connectivity index (χ4v) is 3.14. The van der Waals surface area contributed by atoms with Crippen molar-refractivity contribution in [3.63, 3.8) is 0 Å². The molecule has 4 heteroatoms. The van der Waals surface area contributed by atoms with Gasteiger partial charge in [0, 0.05) is 28.3 Å². The van der Waals surface area contributed by atoms with E-state index in [0.717, 1.165) is 29.9 Å². The van der Waals surface area contributed by atoms with E-state index in [1.807, 2.05) is 6.20 Å². The average molecular weight is 348 g/mol. The van der Waals surface area contributed by atoms with Crippen molar-refractivity contribution in [1.29, 1.82) is 0 Å².